The van der Waals surface area contributed by atoms with Gasteiger partial charge in [0.15, 0.2) is 0 Å². The minimum absolute atomic E-state index is 0.362. The van der Waals surface area contributed by atoms with Crippen molar-refractivity contribution < 1.29 is 8.42 Å². The number of hydrogen-bond acceptors (Lipinski definition) is 2. The maximum Gasteiger partial charge on any atom is 0.242 e. The van der Waals surface area contributed by atoms with Crippen LogP contribution in [0.15, 0.2) is 29.2 Å². The van der Waals surface area contributed by atoms with Gasteiger partial charge >= 0.3 is 0 Å². The van der Waals surface area contributed by atoms with Gasteiger partial charge in [-0.05, 0) is 23.6 Å². The molecule has 0 aliphatic carbocycles. The van der Waals surface area contributed by atoms with E-state index in [1.807, 2.05) is 19.1 Å². The number of hydrogen-bond donors (Lipinski definition) is 0. The number of benzene rings is 1. The van der Waals surface area contributed by atoms with Gasteiger partial charge in [0.05, 0.1) is 4.90 Å². The molecule has 1 aromatic carbocycles. The molecule has 0 radical (unpaired) electrons. The van der Waals surface area contributed by atoms with E-state index in [0.717, 1.165) is 5.56 Å². The van der Waals surface area contributed by atoms with Gasteiger partial charge in [-0.25, -0.2) is 12.7 Å². The van der Waals surface area contributed by atoms with E-state index >= 15 is 0 Å². The summed E-state index contributed by atoms with van der Waals surface area (Å²) in [4.78, 5) is 0.362. The first kappa shape index (κ1) is 13.2. The third-order valence-electron chi connectivity index (χ3n) is 2.70. The second-order valence-corrected chi connectivity index (χ2v) is 6.19. The summed E-state index contributed by atoms with van der Waals surface area (Å²) in [6.07, 6.45) is 0. The molecule has 0 aromatic heterocycles. The van der Waals surface area contributed by atoms with Crippen molar-refractivity contribution in [2.75, 3.05) is 13.6 Å². The predicted octanol–water partition coefficient (Wildman–Crippen LogP) is 2.45. The zero-order valence-corrected chi connectivity index (χ0v) is 11.1. The zero-order valence-electron chi connectivity index (χ0n) is 10.3. The highest BCUT2D eigenvalue weighted by atomic mass is 32.2. The van der Waals surface area contributed by atoms with E-state index in [-0.39, 0.29) is 0 Å². The van der Waals surface area contributed by atoms with E-state index in [1.165, 1.54) is 4.31 Å². The summed E-state index contributed by atoms with van der Waals surface area (Å²) in [7, 11) is -1.71. The number of sulfonamides is 1. The quantitative estimate of drug-likeness (QED) is 0.812. The lowest BCUT2D eigenvalue weighted by Gasteiger charge is -2.15. The zero-order chi connectivity index (χ0) is 12.3. The standard InChI is InChI=1S/C12H19NO2S/c1-5-13(4)16(14,15)12-8-6-11(7-9-12)10(2)3/h6-10H,5H2,1-4H3. The van der Waals surface area contributed by atoms with Crippen molar-refractivity contribution in [1.29, 1.82) is 0 Å². The van der Waals surface area contributed by atoms with Crippen LogP contribution in [0.4, 0.5) is 0 Å². The van der Waals surface area contributed by atoms with Gasteiger partial charge in [0.25, 0.3) is 0 Å². The van der Waals surface area contributed by atoms with Crippen LogP contribution in [0.2, 0.25) is 0 Å². The van der Waals surface area contributed by atoms with Crippen molar-refractivity contribution in [2.45, 2.75) is 31.6 Å². The molecule has 0 aliphatic heterocycles. The predicted molar refractivity (Wildman–Crippen MR) is 66.0 cm³/mol. The Labute approximate surface area is 98.1 Å². The first-order chi connectivity index (χ1) is 7.39. The second-order valence-electron chi connectivity index (χ2n) is 4.14. The maximum absolute atomic E-state index is 12.0. The molecule has 0 spiro atoms. The molecule has 90 valence electrons. The summed E-state index contributed by atoms with van der Waals surface area (Å²) >= 11 is 0. The molecular formula is C12H19NO2S. The molecule has 0 saturated carbocycles. The smallest absolute Gasteiger partial charge is 0.207 e. The van der Waals surface area contributed by atoms with E-state index in [9.17, 15) is 8.42 Å². The summed E-state index contributed by atoms with van der Waals surface area (Å²) in [6, 6.07) is 7.11. The Balaban J connectivity index is 3.07. The van der Waals surface area contributed by atoms with E-state index in [1.54, 1.807) is 19.2 Å². The molecule has 0 N–H and O–H groups in total. The van der Waals surface area contributed by atoms with E-state index in [4.69, 9.17) is 0 Å². The normalized spacial score (nSPS) is 12.4. The van der Waals surface area contributed by atoms with Crippen molar-refractivity contribution in [2.24, 2.45) is 0 Å². The summed E-state index contributed by atoms with van der Waals surface area (Å²) in [5.41, 5.74) is 1.15. The van der Waals surface area contributed by atoms with Crippen LogP contribution in [0.5, 0.6) is 0 Å². The van der Waals surface area contributed by atoms with Gasteiger partial charge in [0.1, 0.15) is 0 Å². The van der Waals surface area contributed by atoms with E-state index in [0.29, 0.717) is 17.4 Å². The van der Waals surface area contributed by atoms with Crippen LogP contribution in [-0.2, 0) is 10.0 Å². The van der Waals surface area contributed by atoms with Crippen molar-refractivity contribution >= 4 is 10.0 Å². The Morgan fingerprint density at radius 1 is 1.19 bits per heavy atom. The molecule has 0 heterocycles. The Morgan fingerprint density at radius 3 is 2.06 bits per heavy atom. The molecule has 0 fully saturated rings. The van der Waals surface area contributed by atoms with Crippen LogP contribution in [-0.4, -0.2) is 26.3 Å². The fourth-order valence-electron chi connectivity index (χ4n) is 1.37. The monoisotopic (exact) mass is 241 g/mol. The third kappa shape index (κ3) is 2.62. The lowest BCUT2D eigenvalue weighted by atomic mass is 10.0. The number of rotatable bonds is 4. The van der Waals surface area contributed by atoms with Crippen LogP contribution in [0.1, 0.15) is 32.3 Å². The fourth-order valence-corrected chi connectivity index (χ4v) is 2.55. The largest absolute Gasteiger partial charge is 0.242 e. The van der Waals surface area contributed by atoms with E-state index in [2.05, 4.69) is 13.8 Å². The second kappa shape index (κ2) is 4.97. The van der Waals surface area contributed by atoms with Crippen molar-refractivity contribution in [3.8, 4) is 0 Å². The van der Waals surface area contributed by atoms with Crippen LogP contribution in [0.25, 0.3) is 0 Å². The minimum Gasteiger partial charge on any atom is -0.207 e. The topological polar surface area (TPSA) is 37.4 Å². The molecule has 0 atom stereocenters. The molecule has 0 bridgehead atoms. The number of nitrogens with zero attached hydrogens (tertiary/aromatic N) is 1. The summed E-state index contributed by atoms with van der Waals surface area (Å²) in [6.45, 7) is 6.47. The van der Waals surface area contributed by atoms with Gasteiger partial charge in [-0.15, -0.1) is 0 Å². The van der Waals surface area contributed by atoms with Crippen molar-refractivity contribution in [3.05, 3.63) is 29.8 Å². The van der Waals surface area contributed by atoms with Gasteiger partial charge < -0.3 is 0 Å². The average molecular weight is 241 g/mol. The minimum atomic E-state index is -3.30. The molecule has 1 rings (SSSR count). The van der Waals surface area contributed by atoms with Crippen molar-refractivity contribution in [3.63, 3.8) is 0 Å². The summed E-state index contributed by atoms with van der Waals surface area (Å²) in [5.74, 6) is 0.417. The Kier molecular flexibility index (Phi) is 4.10. The first-order valence-electron chi connectivity index (χ1n) is 5.46. The third-order valence-corrected chi connectivity index (χ3v) is 4.65. The van der Waals surface area contributed by atoms with Crippen LogP contribution >= 0.6 is 0 Å². The average Bonchev–Trinajstić information content (AvgIpc) is 2.28. The highest BCUT2D eigenvalue weighted by molar-refractivity contribution is 7.89. The summed E-state index contributed by atoms with van der Waals surface area (Å²) in [5, 5.41) is 0. The van der Waals surface area contributed by atoms with Gasteiger partial charge in [0.2, 0.25) is 10.0 Å². The maximum atomic E-state index is 12.0. The van der Waals surface area contributed by atoms with Gasteiger partial charge in [-0.3, -0.25) is 0 Å². The lowest BCUT2D eigenvalue weighted by Crippen LogP contribution is -2.26. The van der Waals surface area contributed by atoms with Gasteiger partial charge in [-0.2, -0.15) is 0 Å². The SMILES string of the molecule is CCN(C)S(=O)(=O)c1ccc(C(C)C)cc1. The van der Waals surface area contributed by atoms with E-state index < -0.39 is 10.0 Å². The van der Waals surface area contributed by atoms with Crippen LogP contribution < -0.4 is 0 Å². The molecule has 0 unspecified atom stereocenters. The van der Waals surface area contributed by atoms with Crippen LogP contribution in [0, 0.1) is 0 Å². The Morgan fingerprint density at radius 2 is 1.69 bits per heavy atom. The van der Waals surface area contributed by atoms with Crippen LogP contribution in [0.3, 0.4) is 0 Å². The van der Waals surface area contributed by atoms with Crippen molar-refractivity contribution in [1.82, 2.24) is 4.31 Å². The van der Waals surface area contributed by atoms with Gasteiger partial charge in [-0.1, -0.05) is 32.9 Å². The Hall–Kier alpha value is -0.870. The highest BCUT2D eigenvalue weighted by Gasteiger charge is 2.18. The highest BCUT2D eigenvalue weighted by Crippen LogP contribution is 2.19. The first-order valence-corrected chi connectivity index (χ1v) is 6.90. The molecule has 4 heteroatoms. The lowest BCUT2D eigenvalue weighted by molar-refractivity contribution is 0.486. The molecule has 0 amide bonds. The molecule has 0 saturated heterocycles. The molecule has 16 heavy (non-hydrogen) atoms. The van der Waals surface area contributed by atoms with Gasteiger partial charge in [0, 0.05) is 13.6 Å². The molecular weight excluding hydrogens is 222 g/mol. The fraction of sp³-hybridized carbons (Fsp3) is 0.500. The molecule has 1 aromatic rings. The molecule has 3 nitrogen and oxygen atoms in total. The molecule has 0 aliphatic rings. The Bertz CT molecular complexity index is 435. The summed E-state index contributed by atoms with van der Waals surface area (Å²) < 4.78 is 25.3.